The summed E-state index contributed by atoms with van der Waals surface area (Å²) in [6, 6.07) is 7.03. The van der Waals surface area contributed by atoms with Crippen LogP contribution in [0.25, 0.3) is 0 Å². The van der Waals surface area contributed by atoms with Crippen molar-refractivity contribution in [3.8, 4) is 0 Å². The van der Waals surface area contributed by atoms with Crippen LogP contribution in [-0.4, -0.2) is 20.3 Å². The van der Waals surface area contributed by atoms with Crippen LogP contribution in [0, 0.1) is 10.1 Å². The maximum absolute atomic E-state index is 11.7. The number of nitro benzene ring substituents is 1. The number of benzene rings is 1. The van der Waals surface area contributed by atoms with Gasteiger partial charge in [0.05, 0.1) is 11.1 Å². The number of anilines is 1. The van der Waals surface area contributed by atoms with Crippen molar-refractivity contribution in [2.75, 3.05) is 5.43 Å². The van der Waals surface area contributed by atoms with Crippen molar-refractivity contribution < 1.29 is 4.92 Å². The number of non-ortho nitro benzene ring substituents is 1. The predicted molar refractivity (Wildman–Crippen MR) is 81.2 cm³/mol. The molecule has 9 nitrogen and oxygen atoms in total. The van der Waals surface area contributed by atoms with E-state index >= 15 is 0 Å². The van der Waals surface area contributed by atoms with Gasteiger partial charge in [0.15, 0.2) is 0 Å². The highest BCUT2D eigenvalue weighted by atomic mass is 16.6. The number of nitrogens with one attached hydrogen (secondary N) is 1. The molecule has 0 atom stereocenters. The van der Waals surface area contributed by atoms with E-state index in [0.717, 1.165) is 4.57 Å². The fourth-order valence-corrected chi connectivity index (χ4v) is 1.70. The maximum atomic E-state index is 11.7. The van der Waals surface area contributed by atoms with Crippen LogP contribution < -0.4 is 16.7 Å². The lowest BCUT2D eigenvalue weighted by molar-refractivity contribution is -0.384. The number of aromatic nitrogens is 2. The van der Waals surface area contributed by atoms with E-state index < -0.39 is 16.2 Å². The fourth-order valence-electron chi connectivity index (χ4n) is 1.70. The second kappa shape index (κ2) is 6.04. The number of hydrazone groups is 1. The molecule has 0 bridgehead atoms. The first-order chi connectivity index (χ1) is 10.4. The lowest BCUT2D eigenvalue weighted by Crippen LogP contribution is -2.37. The van der Waals surface area contributed by atoms with Crippen LogP contribution in [0.15, 0.2) is 45.0 Å². The Balaban J connectivity index is 2.18. The summed E-state index contributed by atoms with van der Waals surface area (Å²) in [6.45, 7) is 0. The van der Waals surface area contributed by atoms with Crippen molar-refractivity contribution in [3.05, 3.63) is 66.8 Å². The van der Waals surface area contributed by atoms with E-state index in [4.69, 9.17) is 0 Å². The highest BCUT2D eigenvalue weighted by Crippen LogP contribution is 2.10. The molecule has 0 spiro atoms. The standard InChI is InChI=1S/C13H13N5O4/c1-16-11(7-12(19)17(2)13(16)20)15-14-8-9-3-5-10(6-4-9)18(21)22/h3-8,15H,1-2H3/b14-8+. The number of nitrogens with zero attached hydrogens (tertiary/aromatic N) is 4. The van der Waals surface area contributed by atoms with Gasteiger partial charge >= 0.3 is 5.69 Å². The van der Waals surface area contributed by atoms with Crippen LogP contribution in [0.3, 0.4) is 0 Å². The average molecular weight is 303 g/mol. The number of hydrogen-bond acceptors (Lipinski definition) is 6. The van der Waals surface area contributed by atoms with Gasteiger partial charge in [-0.2, -0.15) is 5.10 Å². The third-order valence-electron chi connectivity index (χ3n) is 3.02. The lowest BCUT2D eigenvalue weighted by atomic mass is 10.2. The van der Waals surface area contributed by atoms with Crippen molar-refractivity contribution >= 4 is 17.7 Å². The molecular weight excluding hydrogens is 290 g/mol. The Labute approximate surface area is 124 Å². The van der Waals surface area contributed by atoms with Crippen molar-refractivity contribution in [2.24, 2.45) is 19.2 Å². The molecule has 1 N–H and O–H groups in total. The van der Waals surface area contributed by atoms with Gasteiger partial charge in [-0.1, -0.05) is 0 Å². The van der Waals surface area contributed by atoms with Gasteiger partial charge in [0.1, 0.15) is 5.82 Å². The SMILES string of the molecule is Cn1c(N/N=C/c2ccc([N+](=O)[O-])cc2)cc(=O)n(C)c1=O. The van der Waals surface area contributed by atoms with E-state index in [1.807, 2.05) is 0 Å². The zero-order valence-electron chi connectivity index (χ0n) is 11.9. The van der Waals surface area contributed by atoms with Gasteiger partial charge in [-0.3, -0.25) is 29.5 Å². The minimum absolute atomic E-state index is 0.0148. The van der Waals surface area contributed by atoms with Gasteiger partial charge in [0.2, 0.25) is 0 Å². The third kappa shape index (κ3) is 3.08. The van der Waals surface area contributed by atoms with Gasteiger partial charge < -0.3 is 0 Å². The number of hydrogen-bond donors (Lipinski definition) is 1. The molecule has 9 heteroatoms. The van der Waals surface area contributed by atoms with E-state index in [0.29, 0.717) is 5.56 Å². The smallest absolute Gasteiger partial charge is 0.281 e. The summed E-state index contributed by atoms with van der Waals surface area (Å²) in [6.07, 6.45) is 1.42. The van der Waals surface area contributed by atoms with Crippen molar-refractivity contribution in [2.45, 2.75) is 0 Å². The largest absolute Gasteiger partial charge is 0.332 e. The molecule has 0 amide bonds. The molecule has 114 valence electrons. The summed E-state index contributed by atoms with van der Waals surface area (Å²) < 4.78 is 2.22. The summed E-state index contributed by atoms with van der Waals surface area (Å²) in [5.41, 5.74) is 2.29. The minimum Gasteiger partial charge on any atom is -0.281 e. The van der Waals surface area contributed by atoms with Gasteiger partial charge in [-0.05, 0) is 17.7 Å². The second-order valence-corrected chi connectivity index (χ2v) is 4.49. The van der Waals surface area contributed by atoms with E-state index in [1.165, 1.54) is 55.2 Å². The van der Waals surface area contributed by atoms with E-state index in [-0.39, 0.29) is 11.5 Å². The van der Waals surface area contributed by atoms with Crippen molar-refractivity contribution in [1.82, 2.24) is 9.13 Å². The van der Waals surface area contributed by atoms with Gasteiger partial charge in [-0.15, -0.1) is 0 Å². The Bertz CT molecular complexity index is 848. The Kier molecular flexibility index (Phi) is 4.16. The quantitative estimate of drug-likeness (QED) is 0.500. The zero-order chi connectivity index (χ0) is 16.3. The van der Waals surface area contributed by atoms with Gasteiger partial charge in [0.25, 0.3) is 11.2 Å². The number of nitro groups is 1. The molecule has 1 aromatic heterocycles. The highest BCUT2D eigenvalue weighted by molar-refractivity contribution is 5.80. The summed E-state index contributed by atoms with van der Waals surface area (Å²) in [4.78, 5) is 33.3. The van der Waals surface area contributed by atoms with E-state index in [1.54, 1.807) is 0 Å². The highest BCUT2D eigenvalue weighted by Gasteiger charge is 2.05. The van der Waals surface area contributed by atoms with Gasteiger partial charge in [-0.25, -0.2) is 4.79 Å². The minimum atomic E-state index is -0.491. The second-order valence-electron chi connectivity index (χ2n) is 4.49. The molecule has 0 radical (unpaired) electrons. The van der Waals surface area contributed by atoms with Gasteiger partial charge in [0, 0.05) is 32.3 Å². The Morgan fingerprint density at radius 2 is 1.82 bits per heavy atom. The molecule has 0 aliphatic carbocycles. The third-order valence-corrected chi connectivity index (χ3v) is 3.02. The van der Waals surface area contributed by atoms with Crippen LogP contribution in [-0.2, 0) is 14.1 Å². The molecule has 22 heavy (non-hydrogen) atoms. The van der Waals surface area contributed by atoms with Crippen LogP contribution in [0.1, 0.15) is 5.56 Å². The van der Waals surface area contributed by atoms with E-state index in [9.17, 15) is 19.7 Å². The van der Waals surface area contributed by atoms with E-state index in [2.05, 4.69) is 10.5 Å². The van der Waals surface area contributed by atoms with Crippen LogP contribution >= 0.6 is 0 Å². The topological polar surface area (TPSA) is 112 Å². The van der Waals surface area contributed by atoms with Crippen LogP contribution in [0.4, 0.5) is 11.5 Å². The molecule has 0 saturated carbocycles. The zero-order valence-corrected chi connectivity index (χ0v) is 11.9. The molecule has 0 saturated heterocycles. The van der Waals surface area contributed by atoms with Crippen molar-refractivity contribution in [1.29, 1.82) is 0 Å². The Morgan fingerprint density at radius 3 is 2.41 bits per heavy atom. The molecule has 2 aromatic rings. The Morgan fingerprint density at radius 1 is 1.18 bits per heavy atom. The van der Waals surface area contributed by atoms with Crippen LogP contribution in [0.2, 0.25) is 0 Å². The molecule has 1 heterocycles. The summed E-state index contributed by atoms with van der Waals surface area (Å²) in [7, 11) is 2.89. The summed E-state index contributed by atoms with van der Waals surface area (Å²) in [5, 5.41) is 14.4. The normalized spacial score (nSPS) is 10.8. The van der Waals surface area contributed by atoms with Crippen LogP contribution in [0.5, 0.6) is 0 Å². The molecule has 0 aliphatic rings. The van der Waals surface area contributed by atoms with Crippen molar-refractivity contribution in [3.63, 3.8) is 0 Å². The predicted octanol–water partition coefficient (Wildman–Crippen LogP) is 0.438. The molecular formula is C13H13N5O4. The Hall–Kier alpha value is -3.23. The molecule has 1 aromatic carbocycles. The fraction of sp³-hybridized carbons (Fsp3) is 0.154. The molecule has 0 aliphatic heterocycles. The summed E-state index contributed by atoms with van der Waals surface area (Å²) >= 11 is 0. The average Bonchev–Trinajstić information content (AvgIpc) is 2.50. The molecule has 0 fully saturated rings. The first kappa shape index (κ1) is 15.2. The first-order valence-electron chi connectivity index (χ1n) is 6.21. The monoisotopic (exact) mass is 303 g/mol. The first-order valence-corrected chi connectivity index (χ1v) is 6.21. The summed E-state index contributed by atoms with van der Waals surface area (Å²) in [5.74, 6) is 0.242. The number of rotatable bonds is 4. The molecule has 0 unspecified atom stereocenters. The maximum Gasteiger partial charge on any atom is 0.332 e. The lowest BCUT2D eigenvalue weighted by Gasteiger charge is -2.07. The molecule has 2 rings (SSSR count).